The highest BCUT2D eigenvalue weighted by Crippen LogP contribution is 2.20. The molecule has 31 heavy (non-hydrogen) atoms. The molecule has 1 aliphatic rings. The van der Waals surface area contributed by atoms with Gasteiger partial charge in [0.15, 0.2) is 0 Å². The molecule has 0 aliphatic carbocycles. The van der Waals surface area contributed by atoms with Gasteiger partial charge in [0.1, 0.15) is 5.82 Å². The van der Waals surface area contributed by atoms with Crippen LogP contribution in [-0.4, -0.2) is 55.4 Å². The number of carbonyl (C=O) groups excluding carboxylic acids is 1. The normalized spacial score (nSPS) is 14.4. The van der Waals surface area contributed by atoms with Crippen LogP contribution in [0.15, 0.2) is 71.9 Å². The van der Waals surface area contributed by atoms with Crippen molar-refractivity contribution in [3.05, 3.63) is 78.4 Å². The molecule has 0 bridgehead atoms. The highest BCUT2D eigenvalue weighted by atomic mass is 32.2. The van der Waals surface area contributed by atoms with Crippen molar-refractivity contribution in [2.75, 3.05) is 35.8 Å². The second-order valence-corrected chi connectivity index (χ2v) is 8.62. The van der Waals surface area contributed by atoms with Crippen molar-refractivity contribution < 1.29 is 17.6 Å². The molecule has 1 aliphatic heterocycles. The zero-order valence-electron chi connectivity index (χ0n) is 16.5. The minimum absolute atomic E-state index is 0.0571. The number of rotatable bonds is 5. The van der Waals surface area contributed by atoms with Gasteiger partial charge >= 0.3 is 0 Å². The van der Waals surface area contributed by atoms with Crippen molar-refractivity contribution in [2.24, 2.45) is 0 Å². The summed E-state index contributed by atoms with van der Waals surface area (Å²) in [5.74, 6) is -0.218. The summed E-state index contributed by atoms with van der Waals surface area (Å²) in [6.45, 7) is 2.22. The van der Waals surface area contributed by atoms with E-state index in [1.165, 1.54) is 48.5 Å². The molecule has 0 saturated carbocycles. The first-order valence-electron chi connectivity index (χ1n) is 9.63. The molecule has 0 atom stereocenters. The number of halogens is 1. The van der Waals surface area contributed by atoms with Crippen LogP contribution in [0.25, 0.3) is 0 Å². The first kappa shape index (κ1) is 20.7. The van der Waals surface area contributed by atoms with Crippen LogP contribution in [0.1, 0.15) is 10.4 Å². The Morgan fingerprint density at radius 1 is 0.903 bits per heavy atom. The highest BCUT2D eigenvalue weighted by Gasteiger charge is 2.24. The molecule has 0 unspecified atom stereocenters. The number of sulfonamides is 1. The molecular weight excluding hydrogens is 421 g/mol. The zero-order valence-corrected chi connectivity index (χ0v) is 17.3. The predicted octanol–water partition coefficient (Wildman–Crippen LogP) is 2.38. The summed E-state index contributed by atoms with van der Waals surface area (Å²) in [5.41, 5.74) is 0.247. The minimum Gasteiger partial charge on any atom is -0.337 e. The topological polar surface area (TPSA) is 95.5 Å². The molecule has 1 saturated heterocycles. The molecule has 0 radical (unpaired) electrons. The van der Waals surface area contributed by atoms with Crippen LogP contribution < -0.4 is 9.62 Å². The second-order valence-electron chi connectivity index (χ2n) is 6.94. The fourth-order valence-electron chi connectivity index (χ4n) is 3.27. The molecule has 1 amide bonds. The van der Waals surface area contributed by atoms with E-state index >= 15 is 0 Å². The predicted molar refractivity (Wildman–Crippen MR) is 114 cm³/mol. The number of piperazine rings is 1. The molecule has 1 N–H and O–H groups in total. The van der Waals surface area contributed by atoms with E-state index < -0.39 is 15.8 Å². The number of carbonyl (C=O) groups is 1. The number of anilines is 2. The summed E-state index contributed by atoms with van der Waals surface area (Å²) in [6.07, 6.45) is 3.35. The van der Waals surface area contributed by atoms with Gasteiger partial charge in [-0.2, -0.15) is 0 Å². The Morgan fingerprint density at radius 2 is 1.55 bits per heavy atom. The number of amides is 1. The van der Waals surface area contributed by atoms with E-state index in [0.29, 0.717) is 37.7 Å². The number of hydrogen-bond donors (Lipinski definition) is 1. The average Bonchev–Trinajstić information content (AvgIpc) is 2.81. The van der Waals surface area contributed by atoms with E-state index in [-0.39, 0.29) is 16.5 Å². The molecule has 10 heteroatoms. The van der Waals surface area contributed by atoms with Crippen LogP contribution in [0.5, 0.6) is 0 Å². The van der Waals surface area contributed by atoms with Crippen LogP contribution in [0.3, 0.4) is 0 Å². The van der Waals surface area contributed by atoms with Crippen molar-refractivity contribution >= 4 is 27.6 Å². The van der Waals surface area contributed by atoms with Gasteiger partial charge in [-0.25, -0.2) is 22.8 Å². The van der Waals surface area contributed by atoms with Gasteiger partial charge in [0.25, 0.3) is 15.9 Å². The Bertz CT molecular complexity index is 1170. The molecule has 4 rings (SSSR count). The van der Waals surface area contributed by atoms with E-state index in [1.54, 1.807) is 23.4 Å². The maximum Gasteiger partial charge on any atom is 0.261 e. The molecule has 1 fully saturated rings. The number of hydrogen-bond acceptors (Lipinski definition) is 6. The average molecular weight is 441 g/mol. The largest absolute Gasteiger partial charge is 0.337 e. The molecule has 160 valence electrons. The van der Waals surface area contributed by atoms with Gasteiger partial charge < -0.3 is 9.80 Å². The third-order valence-corrected chi connectivity index (χ3v) is 6.31. The fraction of sp³-hybridized carbons (Fsp3) is 0.190. The van der Waals surface area contributed by atoms with E-state index in [2.05, 4.69) is 14.7 Å². The van der Waals surface area contributed by atoms with Crippen molar-refractivity contribution in [1.29, 1.82) is 0 Å². The standard InChI is InChI=1S/C21H20FN5O3S/c22-18-4-1-2-5-19(18)25-31(29,30)17-8-6-16(7-9-17)20(28)26-12-14-27(15-13-26)21-23-10-3-11-24-21/h1-11,25H,12-15H2. The molecule has 2 heterocycles. The first-order chi connectivity index (χ1) is 14.9. The SMILES string of the molecule is O=C(c1ccc(S(=O)(=O)Nc2ccccc2F)cc1)N1CCN(c2ncccn2)CC1. The van der Waals surface area contributed by atoms with Crippen LogP contribution in [-0.2, 0) is 10.0 Å². The second kappa shape index (κ2) is 8.68. The van der Waals surface area contributed by atoms with Gasteiger partial charge in [0.05, 0.1) is 10.6 Å². The summed E-state index contributed by atoms with van der Waals surface area (Å²) in [7, 11) is -3.98. The smallest absolute Gasteiger partial charge is 0.261 e. The van der Waals surface area contributed by atoms with Crippen molar-refractivity contribution in [2.45, 2.75) is 4.90 Å². The lowest BCUT2D eigenvalue weighted by molar-refractivity contribution is 0.0746. The van der Waals surface area contributed by atoms with Crippen LogP contribution in [0, 0.1) is 5.82 Å². The van der Waals surface area contributed by atoms with Gasteiger partial charge in [0.2, 0.25) is 5.95 Å². The lowest BCUT2D eigenvalue weighted by Gasteiger charge is -2.34. The zero-order chi connectivity index (χ0) is 21.8. The van der Waals surface area contributed by atoms with E-state index in [1.807, 2.05) is 4.90 Å². The Balaban J connectivity index is 1.41. The molecule has 2 aromatic carbocycles. The molecule has 0 spiro atoms. The summed E-state index contributed by atoms with van der Waals surface area (Å²) < 4.78 is 41.0. The van der Waals surface area contributed by atoms with Crippen molar-refractivity contribution in [3.8, 4) is 0 Å². The Kier molecular flexibility index (Phi) is 5.81. The minimum atomic E-state index is -3.98. The van der Waals surface area contributed by atoms with Crippen LogP contribution in [0.4, 0.5) is 16.0 Å². The fourth-order valence-corrected chi connectivity index (χ4v) is 4.34. The van der Waals surface area contributed by atoms with Crippen LogP contribution >= 0.6 is 0 Å². The summed E-state index contributed by atoms with van der Waals surface area (Å²) in [6, 6.07) is 12.9. The highest BCUT2D eigenvalue weighted by molar-refractivity contribution is 7.92. The van der Waals surface area contributed by atoms with Gasteiger partial charge in [-0.15, -0.1) is 0 Å². The Morgan fingerprint density at radius 3 is 2.19 bits per heavy atom. The maximum atomic E-state index is 13.8. The quantitative estimate of drug-likeness (QED) is 0.653. The third-order valence-electron chi connectivity index (χ3n) is 4.93. The molecular formula is C21H20FN5O3S. The molecule has 1 aromatic heterocycles. The van der Waals surface area contributed by atoms with Gasteiger partial charge in [-0.1, -0.05) is 12.1 Å². The summed E-state index contributed by atoms with van der Waals surface area (Å²) in [5, 5.41) is 0. The lowest BCUT2D eigenvalue weighted by atomic mass is 10.2. The number of nitrogens with zero attached hydrogens (tertiary/aromatic N) is 4. The summed E-state index contributed by atoms with van der Waals surface area (Å²) in [4.78, 5) is 24.9. The number of aromatic nitrogens is 2. The van der Waals surface area contributed by atoms with Crippen LogP contribution in [0.2, 0.25) is 0 Å². The van der Waals surface area contributed by atoms with E-state index in [9.17, 15) is 17.6 Å². The Hall–Kier alpha value is -3.53. The van der Waals surface area contributed by atoms with Gasteiger partial charge in [-0.3, -0.25) is 9.52 Å². The Labute approximate surface area is 179 Å². The first-order valence-corrected chi connectivity index (χ1v) is 11.1. The number of para-hydroxylation sites is 1. The third kappa shape index (κ3) is 4.64. The maximum absolute atomic E-state index is 13.8. The van der Waals surface area contributed by atoms with E-state index in [0.717, 1.165) is 0 Å². The van der Waals surface area contributed by atoms with Gasteiger partial charge in [-0.05, 0) is 42.5 Å². The number of benzene rings is 2. The van der Waals surface area contributed by atoms with Crippen molar-refractivity contribution in [3.63, 3.8) is 0 Å². The monoisotopic (exact) mass is 441 g/mol. The lowest BCUT2D eigenvalue weighted by Crippen LogP contribution is -2.49. The van der Waals surface area contributed by atoms with Gasteiger partial charge in [0, 0.05) is 44.1 Å². The summed E-state index contributed by atoms with van der Waals surface area (Å²) >= 11 is 0. The molecule has 3 aromatic rings. The molecule has 8 nitrogen and oxygen atoms in total. The van der Waals surface area contributed by atoms with E-state index in [4.69, 9.17) is 0 Å². The number of nitrogens with one attached hydrogen (secondary N) is 1. The van der Waals surface area contributed by atoms with Crippen molar-refractivity contribution in [1.82, 2.24) is 14.9 Å².